The van der Waals surface area contributed by atoms with Crippen molar-refractivity contribution in [3.63, 3.8) is 0 Å². The van der Waals surface area contributed by atoms with E-state index in [4.69, 9.17) is 5.11 Å². The number of alkyl halides is 1. The number of carbonyl (C=O) groups is 1. The molecule has 0 fully saturated rings. The van der Waals surface area contributed by atoms with E-state index in [0.717, 1.165) is 12.1 Å². The van der Waals surface area contributed by atoms with Crippen LogP contribution in [-0.2, 0) is 4.79 Å². The average Bonchev–Trinajstić information content (AvgIpc) is 2.16. The Labute approximate surface area is 78.9 Å². The van der Waals surface area contributed by atoms with Gasteiger partial charge in [-0.05, 0) is 12.1 Å². The van der Waals surface area contributed by atoms with Gasteiger partial charge in [0.05, 0.1) is 7.11 Å². The monoisotopic (exact) mass is 202 g/mol. The first kappa shape index (κ1) is 10.4. The van der Waals surface area contributed by atoms with E-state index < -0.39 is 23.5 Å². The van der Waals surface area contributed by atoms with Crippen molar-refractivity contribution in [1.29, 1.82) is 0 Å². The highest BCUT2D eigenvalue weighted by Gasteiger charge is 2.22. The Balaban J connectivity index is 3.05. The van der Waals surface area contributed by atoms with E-state index in [2.05, 4.69) is 4.74 Å². The van der Waals surface area contributed by atoms with Gasteiger partial charge in [-0.3, -0.25) is 0 Å². The van der Waals surface area contributed by atoms with Gasteiger partial charge in [-0.15, -0.1) is 0 Å². The SMILES string of the molecule is COc1ccc(C(F)C(=O)O)c(F)c1. The molecule has 14 heavy (non-hydrogen) atoms. The lowest BCUT2D eigenvalue weighted by Gasteiger charge is -2.06. The predicted molar refractivity (Wildman–Crippen MR) is 44.4 cm³/mol. The number of hydrogen-bond donors (Lipinski definition) is 1. The number of hydrogen-bond acceptors (Lipinski definition) is 2. The molecule has 1 atom stereocenters. The molecule has 0 saturated carbocycles. The molecule has 3 nitrogen and oxygen atoms in total. The summed E-state index contributed by atoms with van der Waals surface area (Å²) in [5.41, 5.74) is -0.502. The Morgan fingerprint density at radius 2 is 2.21 bits per heavy atom. The summed E-state index contributed by atoms with van der Waals surface area (Å²) in [7, 11) is 1.33. The van der Waals surface area contributed by atoms with Gasteiger partial charge in [0.1, 0.15) is 11.6 Å². The molecule has 0 radical (unpaired) electrons. The predicted octanol–water partition coefficient (Wildman–Crippen LogP) is 1.93. The van der Waals surface area contributed by atoms with Crippen LogP contribution in [0.3, 0.4) is 0 Å². The van der Waals surface area contributed by atoms with Crippen molar-refractivity contribution < 1.29 is 23.4 Å². The minimum absolute atomic E-state index is 0.212. The van der Waals surface area contributed by atoms with Crippen LogP contribution in [0.4, 0.5) is 8.78 Å². The second-order valence-electron chi connectivity index (χ2n) is 2.59. The third kappa shape index (κ3) is 1.99. The number of carboxylic acid groups (broad SMARTS) is 1. The average molecular weight is 202 g/mol. The van der Waals surface area contributed by atoms with Gasteiger partial charge in [-0.2, -0.15) is 0 Å². The van der Waals surface area contributed by atoms with Gasteiger partial charge in [0.15, 0.2) is 0 Å². The Kier molecular flexibility index (Phi) is 3.01. The third-order valence-electron chi connectivity index (χ3n) is 1.70. The molecule has 1 N–H and O–H groups in total. The lowest BCUT2D eigenvalue weighted by molar-refractivity contribution is -0.143. The van der Waals surface area contributed by atoms with Crippen molar-refractivity contribution in [2.45, 2.75) is 6.17 Å². The molecule has 0 aliphatic carbocycles. The fourth-order valence-corrected chi connectivity index (χ4v) is 0.973. The minimum Gasteiger partial charge on any atom is -0.497 e. The zero-order valence-electron chi connectivity index (χ0n) is 7.33. The zero-order chi connectivity index (χ0) is 10.7. The van der Waals surface area contributed by atoms with Gasteiger partial charge in [0.2, 0.25) is 6.17 Å². The maximum Gasteiger partial charge on any atom is 0.343 e. The van der Waals surface area contributed by atoms with E-state index in [9.17, 15) is 13.6 Å². The highest BCUT2D eigenvalue weighted by molar-refractivity contribution is 5.74. The number of rotatable bonds is 3. The smallest absolute Gasteiger partial charge is 0.343 e. The summed E-state index contributed by atoms with van der Waals surface area (Å²) in [6.45, 7) is 0. The van der Waals surface area contributed by atoms with Crippen molar-refractivity contribution in [2.75, 3.05) is 7.11 Å². The topological polar surface area (TPSA) is 46.5 Å². The maximum absolute atomic E-state index is 13.1. The van der Waals surface area contributed by atoms with Crippen LogP contribution in [0.5, 0.6) is 5.75 Å². The molecule has 0 amide bonds. The van der Waals surface area contributed by atoms with Crippen LogP contribution in [0.15, 0.2) is 18.2 Å². The van der Waals surface area contributed by atoms with E-state index in [0.29, 0.717) is 0 Å². The molecule has 1 aromatic carbocycles. The Morgan fingerprint density at radius 1 is 1.57 bits per heavy atom. The molecule has 1 aromatic rings. The van der Waals surface area contributed by atoms with Crippen LogP contribution in [0.1, 0.15) is 11.7 Å². The second kappa shape index (κ2) is 4.04. The largest absolute Gasteiger partial charge is 0.497 e. The summed E-state index contributed by atoms with van der Waals surface area (Å²) < 4.78 is 30.6. The van der Waals surface area contributed by atoms with Crippen LogP contribution >= 0.6 is 0 Å². The van der Waals surface area contributed by atoms with Crippen molar-refractivity contribution in [3.05, 3.63) is 29.6 Å². The van der Waals surface area contributed by atoms with E-state index in [-0.39, 0.29) is 5.75 Å². The molecule has 76 valence electrons. The lowest BCUT2D eigenvalue weighted by atomic mass is 10.1. The molecule has 0 aromatic heterocycles. The van der Waals surface area contributed by atoms with Crippen molar-refractivity contribution in [1.82, 2.24) is 0 Å². The number of carboxylic acids is 1. The summed E-state index contributed by atoms with van der Waals surface area (Å²) in [6.07, 6.45) is -2.35. The molecule has 0 aliphatic heterocycles. The third-order valence-corrected chi connectivity index (χ3v) is 1.70. The summed E-state index contributed by atoms with van der Waals surface area (Å²) in [4.78, 5) is 10.2. The van der Waals surface area contributed by atoms with Crippen LogP contribution < -0.4 is 4.74 Å². The van der Waals surface area contributed by atoms with Gasteiger partial charge in [0.25, 0.3) is 0 Å². The molecule has 0 bridgehead atoms. The van der Waals surface area contributed by atoms with Crippen LogP contribution in [0.25, 0.3) is 0 Å². The summed E-state index contributed by atoms with van der Waals surface area (Å²) in [6, 6.07) is 3.28. The van der Waals surface area contributed by atoms with E-state index in [1.54, 1.807) is 0 Å². The van der Waals surface area contributed by atoms with Crippen LogP contribution in [0, 0.1) is 5.82 Å². The van der Waals surface area contributed by atoms with E-state index >= 15 is 0 Å². The Hall–Kier alpha value is -1.65. The number of methoxy groups -OCH3 is 1. The molecule has 0 heterocycles. The van der Waals surface area contributed by atoms with Gasteiger partial charge in [-0.1, -0.05) is 0 Å². The van der Waals surface area contributed by atoms with Gasteiger partial charge in [0, 0.05) is 11.6 Å². The molecule has 0 spiro atoms. The summed E-state index contributed by atoms with van der Waals surface area (Å²) in [5, 5.41) is 8.31. The first-order valence-electron chi connectivity index (χ1n) is 3.76. The first-order valence-corrected chi connectivity index (χ1v) is 3.76. The maximum atomic E-state index is 13.1. The summed E-state index contributed by atoms with van der Waals surface area (Å²) >= 11 is 0. The highest BCUT2D eigenvalue weighted by atomic mass is 19.1. The van der Waals surface area contributed by atoms with Gasteiger partial charge >= 0.3 is 5.97 Å². The summed E-state index contributed by atoms with van der Waals surface area (Å²) in [5.74, 6) is -2.43. The van der Waals surface area contributed by atoms with Crippen LogP contribution in [0.2, 0.25) is 0 Å². The molecule has 1 rings (SSSR count). The number of ether oxygens (including phenoxy) is 1. The number of halogens is 2. The van der Waals surface area contributed by atoms with Gasteiger partial charge < -0.3 is 9.84 Å². The fourth-order valence-electron chi connectivity index (χ4n) is 0.973. The Morgan fingerprint density at radius 3 is 2.64 bits per heavy atom. The van der Waals surface area contributed by atoms with Crippen molar-refractivity contribution >= 4 is 5.97 Å². The van der Waals surface area contributed by atoms with E-state index in [1.165, 1.54) is 13.2 Å². The molecule has 0 saturated heterocycles. The van der Waals surface area contributed by atoms with Crippen molar-refractivity contribution in [2.24, 2.45) is 0 Å². The molecule has 0 aliphatic rings. The molecular formula is C9H8F2O3. The molecule has 5 heteroatoms. The van der Waals surface area contributed by atoms with Gasteiger partial charge in [-0.25, -0.2) is 13.6 Å². The number of benzene rings is 1. The van der Waals surface area contributed by atoms with Crippen molar-refractivity contribution in [3.8, 4) is 5.75 Å². The lowest BCUT2D eigenvalue weighted by Crippen LogP contribution is -2.07. The molecule has 1 unspecified atom stereocenters. The zero-order valence-corrected chi connectivity index (χ0v) is 7.33. The highest BCUT2D eigenvalue weighted by Crippen LogP contribution is 2.24. The van der Waals surface area contributed by atoms with Crippen LogP contribution in [-0.4, -0.2) is 18.2 Å². The quantitative estimate of drug-likeness (QED) is 0.814. The molecular weight excluding hydrogens is 194 g/mol. The first-order chi connectivity index (χ1) is 6.56. The second-order valence-corrected chi connectivity index (χ2v) is 2.59. The normalized spacial score (nSPS) is 12.2. The fraction of sp³-hybridized carbons (Fsp3) is 0.222. The minimum atomic E-state index is -2.35. The Bertz CT molecular complexity index is 352. The standard InChI is InChI=1S/C9H8F2O3/c1-14-5-2-3-6(7(10)4-5)8(11)9(12)13/h2-4,8H,1H3,(H,12,13). The number of aliphatic carboxylic acids is 1. The van der Waals surface area contributed by atoms with E-state index in [1.807, 2.05) is 0 Å².